The van der Waals surface area contributed by atoms with Crippen molar-refractivity contribution in [3.63, 3.8) is 0 Å². The lowest BCUT2D eigenvalue weighted by atomic mass is 10.1. The zero-order valence-electron chi connectivity index (χ0n) is 21.4. The molecule has 226 valence electrons. The standard InChI is InChI=1S/C21H25FN9O9PS/c22-13-12(5-32)39-20(30-7-26-14-16(30)28-21(23)29-18(14)34)15(13)40-41(36,42)37-2-1-10-9(33)3-11(38-10)8-4-24-17-19(35)25-6-27-31(8)17/h4,6-7,9-13,15,20,32-33H,1-3,5H2,(H,36,42)(H,25,27,35)(H3,23,28,29,34)/t9-,10+,11+,12+,13+,15+,20+,41?/m0/s1. The summed E-state index contributed by atoms with van der Waals surface area (Å²) in [6.07, 6.45) is -4.44. The number of nitrogen functional groups attached to an aromatic ring is 1. The van der Waals surface area contributed by atoms with Gasteiger partial charge in [0, 0.05) is 12.8 Å². The van der Waals surface area contributed by atoms with Gasteiger partial charge in [-0.05, 0) is 11.8 Å². The molecule has 2 aliphatic rings. The second-order valence-electron chi connectivity index (χ2n) is 9.63. The normalized spacial score (nSPS) is 29.5. The predicted octanol–water partition coefficient (Wildman–Crippen LogP) is -1.44. The quantitative estimate of drug-likeness (QED) is 0.116. The minimum Gasteiger partial charge on any atom is -0.394 e. The molecule has 18 nitrogen and oxygen atoms in total. The van der Waals surface area contributed by atoms with Gasteiger partial charge in [-0.2, -0.15) is 10.1 Å². The van der Waals surface area contributed by atoms with Gasteiger partial charge in [0.15, 0.2) is 23.6 Å². The number of imidazole rings is 2. The summed E-state index contributed by atoms with van der Waals surface area (Å²) in [4.78, 5) is 51.6. The Morgan fingerprint density at radius 3 is 2.83 bits per heavy atom. The van der Waals surface area contributed by atoms with Crippen LogP contribution in [0, 0.1) is 0 Å². The van der Waals surface area contributed by atoms with Gasteiger partial charge in [0.1, 0.15) is 24.6 Å². The number of hydrogen-bond acceptors (Lipinski definition) is 14. The van der Waals surface area contributed by atoms with E-state index in [-0.39, 0.29) is 42.2 Å². The van der Waals surface area contributed by atoms with Crippen LogP contribution < -0.4 is 16.9 Å². The molecule has 0 amide bonds. The van der Waals surface area contributed by atoms with Gasteiger partial charge in [-0.15, -0.1) is 0 Å². The van der Waals surface area contributed by atoms with Crippen molar-refractivity contribution in [2.45, 2.75) is 55.8 Å². The number of anilines is 1. The van der Waals surface area contributed by atoms with Crippen molar-refractivity contribution in [1.82, 2.24) is 39.1 Å². The second kappa shape index (κ2) is 11.1. The number of fused-ring (bicyclic) bond motifs is 2. The first-order valence-electron chi connectivity index (χ1n) is 12.6. The lowest BCUT2D eigenvalue weighted by molar-refractivity contribution is -0.0482. The summed E-state index contributed by atoms with van der Waals surface area (Å²) in [5.74, 6) is -0.222. The van der Waals surface area contributed by atoms with Crippen LogP contribution in [0.25, 0.3) is 16.8 Å². The fourth-order valence-electron chi connectivity index (χ4n) is 5.02. The van der Waals surface area contributed by atoms with Crippen LogP contribution >= 0.6 is 6.72 Å². The maximum Gasteiger partial charge on any atom is 0.325 e. The van der Waals surface area contributed by atoms with E-state index in [4.69, 9.17) is 36.1 Å². The number of nitrogens with zero attached hydrogens (tertiary/aromatic N) is 6. The topological polar surface area (TPSA) is 250 Å². The number of alkyl halides is 1. The molecule has 42 heavy (non-hydrogen) atoms. The number of aromatic nitrogens is 8. The Labute approximate surface area is 238 Å². The number of aliphatic hydroxyl groups excluding tert-OH is 2. The molecule has 4 aromatic rings. The lowest BCUT2D eigenvalue weighted by Gasteiger charge is -2.25. The molecule has 4 aromatic heterocycles. The van der Waals surface area contributed by atoms with Gasteiger partial charge in [-0.3, -0.25) is 23.7 Å². The van der Waals surface area contributed by atoms with E-state index in [0.29, 0.717) is 5.69 Å². The van der Waals surface area contributed by atoms with Crippen molar-refractivity contribution in [2.24, 2.45) is 0 Å². The molecule has 21 heteroatoms. The van der Waals surface area contributed by atoms with Crippen LogP contribution in [0.2, 0.25) is 0 Å². The SMILES string of the molecule is Nc1nc2c(ncn2[C@@H]2O[C@H](CO)[C@@H](F)[C@H]2OP(O)(=S)OCC[C@H]2O[C@@H](c3cnc4c(=O)[nH]cnn34)C[C@@H]2O)c(=O)[nH]1. The molecule has 7 N–H and O–H groups in total. The summed E-state index contributed by atoms with van der Waals surface area (Å²) in [7, 11) is 0. The maximum absolute atomic E-state index is 15.3. The summed E-state index contributed by atoms with van der Waals surface area (Å²) in [5, 5.41) is 24.2. The van der Waals surface area contributed by atoms with Gasteiger partial charge in [-0.25, -0.2) is 18.9 Å². The molecule has 6 rings (SSSR count). The molecule has 1 unspecified atom stereocenters. The molecule has 2 aliphatic heterocycles. The summed E-state index contributed by atoms with van der Waals surface area (Å²) in [6, 6.07) is 0. The Morgan fingerprint density at radius 2 is 2.05 bits per heavy atom. The summed E-state index contributed by atoms with van der Waals surface area (Å²) in [6.45, 7) is -5.07. The zero-order chi connectivity index (χ0) is 29.8. The fourth-order valence-corrected chi connectivity index (χ4v) is 6.47. The van der Waals surface area contributed by atoms with E-state index < -0.39 is 67.4 Å². The van der Waals surface area contributed by atoms with E-state index in [1.807, 2.05) is 0 Å². The number of hydrogen-bond donors (Lipinski definition) is 6. The number of nitrogens with two attached hydrogens (primary N) is 1. The molecule has 2 fully saturated rings. The maximum atomic E-state index is 15.3. The fraction of sp³-hybridized carbons (Fsp3) is 0.524. The highest BCUT2D eigenvalue weighted by atomic mass is 32.5. The van der Waals surface area contributed by atoms with E-state index in [2.05, 4.69) is 30.0 Å². The average molecular weight is 630 g/mol. The van der Waals surface area contributed by atoms with Gasteiger partial charge in [0.2, 0.25) is 11.6 Å². The lowest BCUT2D eigenvalue weighted by Crippen LogP contribution is -2.32. The van der Waals surface area contributed by atoms with E-state index in [9.17, 15) is 24.7 Å². The van der Waals surface area contributed by atoms with Crippen molar-refractivity contribution in [1.29, 1.82) is 0 Å². The number of aromatic amines is 2. The first-order chi connectivity index (χ1) is 20.1. The van der Waals surface area contributed by atoms with Crippen LogP contribution in [0.1, 0.15) is 30.9 Å². The number of nitrogens with one attached hydrogen (secondary N) is 2. The van der Waals surface area contributed by atoms with Crippen molar-refractivity contribution in [3.8, 4) is 0 Å². The van der Waals surface area contributed by atoms with Gasteiger partial charge in [0.25, 0.3) is 11.1 Å². The Hall–Kier alpha value is -3.20. The molecule has 0 saturated carbocycles. The number of aliphatic hydroxyl groups is 2. The van der Waals surface area contributed by atoms with Crippen LogP contribution in [-0.4, -0.2) is 98.0 Å². The Kier molecular flexibility index (Phi) is 7.66. The van der Waals surface area contributed by atoms with Gasteiger partial charge in [0.05, 0.1) is 43.6 Å². The molecular formula is C21H25FN9O9PS. The van der Waals surface area contributed by atoms with Crippen LogP contribution in [0.15, 0.2) is 28.4 Å². The number of halogens is 1. The highest BCUT2D eigenvalue weighted by molar-refractivity contribution is 8.07. The Bertz CT molecular complexity index is 1780. The average Bonchev–Trinajstić information content (AvgIpc) is 3.70. The summed E-state index contributed by atoms with van der Waals surface area (Å²) >= 11 is 5.12. The van der Waals surface area contributed by atoms with E-state index in [1.165, 1.54) is 21.6 Å². The molecule has 0 aromatic carbocycles. The zero-order valence-corrected chi connectivity index (χ0v) is 23.1. The van der Waals surface area contributed by atoms with E-state index in [0.717, 1.165) is 6.33 Å². The van der Waals surface area contributed by atoms with Crippen molar-refractivity contribution in [3.05, 3.63) is 45.3 Å². The second-order valence-corrected chi connectivity index (χ2v) is 12.4. The molecule has 8 atom stereocenters. The van der Waals surface area contributed by atoms with Gasteiger partial charge < -0.3 is 39.8 Å². The smallest absolute Gasteiger partial charge is 0.325 e. The molecule has 0 radical (unpaired) electrons. The highest BCUT2D eigenvalue weighted by Gasteiger charge is 2.49. The molecule has 0 aliphatic carbocycles. The molecular weight excluding hydrogens is 604 g/mol. The monoisotopic (exact) mass is 629 g/mol. The third-order valence-electron chi connectivity index (χ3n) is 6.97. The minimum absolute atomic E-state index is 0.0412. The summed E-state index contributed by atoms with van der Waals surface area (Å²) in [5.41, 5.74) is 4.98. The molecule has 6 heterocycles. The number of ether oxygens (including phenoxy) is 2. The van der Waals surface area contributed by atoms with Crippen molar-refractivity contribution >= 4 is 41.3 Å². The molecule has 0 bridgehead atoms. The van der Waals surface area contributed by atoms with E-state index in [1.54, 1.807) is 0 Å². The van der Waals surface area contributed by atoms with Crippen LogP contribution in [0.4, 0.5) is 10.3 Å². The molecule has 0 spiro atoms. The number of rotatable bonds is 9. The Balaban J connectivity index is 1.12. The third-order valence-corrected chi connectivity index (χ3v) is 8.56. The minimum atomic E-state index is -4.13. The first kappa shape index (κ1) is 28.9. The molecule has 2 saturated heterocycles. The Morgan fingerprint density at radius 1 is 1.24 bits per heavy atom. The van der Waals surface area contributed by atoms with Gasteiger partial charge >= 0.3 is 6.72 Å². The van der Waals surface area contributed by atoms with E-state index >= 15 is 4.39 Å². The first-order valence-corrected chi connectivity index (χ1v) is 15.2. The third kappa shape index (κ3) is 5.25. The van der Waals surface area contributed by atoms with Crippen molar-refractivity contribution in [2.75, 3.05) is 18.9 Å². The van der Waals surface area contributed by atoms with Crippen LogP contribution in [0.5, 0.6) is 0 Å². The highest BCUT2D eigenvalue weighted by Crippen LogP contribution is 2.50. The van der Waals surface area contributed by atoms with Crippen LogP contribution in [0.3, 0.4) is 0 Å². The predicted molar refractivity (Wildman–Crippen MR) is 142 cm³/mol. The summed E-state index contributed by atoms with van der Waals surface area (Å²) < 4.78 is 40.3. The number of H-pyrrole nitrogens is 2. The largest absolute Gasteiger partial charge is 0.394 e. The van der Waals surface area contributed by atoms with Gasteiger partial charge in [-0.1, -0.05) is 0 Å². The van der Waals surface area contributed by atoms with Crippen molar-refractivity contribution < 1.29 is 38.0 Å². The van der Waals surface area contributed by atoms with Crippen LogP contribution in [-0.2, 0) is 30.3 Å².